The first kappa shape index (κ1) is 13.5. The summed E-state index contributed by atoms with van der Waals surface area (Å²) < 4.78 is 27.0. The molecule has 2 unspecified atom stereocenters. The van der Waals surface area contributed by atoms with E-state index in [-0.39, 0.29) is 18.0 Å². The fraction of sp³-hybridized carbons (Fsp3) is 0.533. The lowest BCUT2D eigenvalue weighted by Crippen LogP contribution is -2.33. The molecule has 0 bridgehead atoms. The summed E-state index contributed by atoms with van der Waals surface area (Å²) in [4.78, 5) is 14.2. The molecule has 3 rings (SSSR count). The lowest BCUT2D eigenvalue weighted by atomic mass is 10.1. The van der Waals surface area contributed by atoms with E-state index in [0.29, 0.717) is 5.56 Å². The Hall–Kier alpha value is -1.49. The Labute approximate surface area is 117 Å². The molecule has 1 saturated heterocycles. The number of rotatable bonds is 4. The molecule has 2 aliphatic rings. The molecule has 1 aromatic rings. The highest BCUT2D eigenvalue weighted by molar-refractivity contribution is 5.85. The van der Waals surface area contributed by atoms with Crippen molar-refractivity contribution in [1.29, 1.82) is 0 Å². The largest absolute Gasteiger partial charge is 0.318 e. The number of nitrogens with one attached hydrogen (secondary N) is 1. The Kier molecular flexibility index (Phi) is 3.46. The highest BCUT2D eigenvalue weighted by atomic mass is 19.1. The van der Waals surface area contributed by atoms with Crippen LogP contribution in [0.2, 0.25) is 0 Å². The normalized spacial score (nSPS) is 26.4. The molecular weight excluding hydrogens is 262 g/mol. The molecule has 1 aliphatic heterocycles. The van der Waals surface area contributed by atoms with E-state index in [1.807, 2.05) is 6.92 Å². The molecule has 2 atom stereocenters. The summed E-state index contributed by atoms with van der Waals surface area (Å²) in [6.07, 6.45) is 3.09. The first-order valence-corrected chi connectivity index (χ1v) is 7.15. The third-order valence-corrected chi connectivity index (χ3v) is 3.96. The van der Waals surface area contributed by atoms with Crippen LogP contribution in [0.4, 0.5) is 8.78 Å². The predicted molar refractivity (Wildman–Crippen MR) is 70.8 cm³/mol. The molecule has 0 radical (unpaired) electrons. The van der Waals surface area contributed by atoms with Gasteiger partial charge in [0, 0.05) is 17.7 Å². The van der Waals surface area contributed by atoms with Crippen LogP contribution in [0.25, 0.3) is 0 Å². The maximum absolute atomic E-state index is 14.0. The quantitative estimate of drug-likeness (QED) is 0.919. The Morgan fingerprint density at radius 3 is 2.70 bits per heavy atom. The van der Waals surface area contributed by atoms with Gasteiger partial charge >= 0.3 is 0 Å². The lowest BCUT2D eigenvalue weighted by Gasteiger charge is -2.24. The first-order chi connectivity index (χ1) is 9.61. The second-order valence-electron chi connectivity index (χ2n) is 5.55. The molecule has 1 amide bonds. The minimum atomic E-state index is -0.599. The Morgan fingerprint density at radius 1 is 1.35 bits per heavy atom. The third kappa shape index (κ3) is 2.30. The topological polar surface area (TPSA) is 32.3 Å². The number of benzene rings is 1. The molecule has 1 aromatic carbocycles. The van der Waals surface area contributed by atoms with Crippen molar-refractivity contribution >= 4 is 5.91 Å². The van der Waals surface area contributed by atoms with Gasteiger partial charge in [0.05, 0.1) is 6.04 Å². The van der Waals surface area contributed by atoms with Crippen LogP contribution in [0.15, 0.2) is 18.2 Å². The smallest absolute Gasteiger partial charge is 0.241 e. The van der Waals surface area contributed by atoms with Crippen LogP contribution in [0, 0.1) is 11.6 Å². The fourth-order valence-electron chi connectivity index (χ4n) is 2.85. The van der Waals surface area contributed by atoms with E-state index in [2.05, 4.69) is 5.32 Å². The Morgan fingerprint density at radius 2 is 2.10 bits per heavy atom. The van der Waals surface area contributed by atoms with Crippen LogP contribution < -0.4 is 5.32 Å². The molecule has 2 fully saturated rings. The van der Waals surface area contributed by atoms with Crippen molar-refractivity contribution < 1.29 is 13.6 Å². The van der Waals surface area contributed by atoms with Gasteiger partial charge in [0.2, 0.25) is 5.91 Å². The number of nitrogens with zero attached hydrogens (tertiary/aromatic N) is 1. The van der Waals surface area contributed by atoms with Gasteiger partial charge in [0.15, 0.2) is 0 Å². The van der Waals surface area contributed by atoms with Crippen LogP contribution in [0.5, 0.6) is 0 Å². The van der Waals surface area contributed by atoms with Crippen molar-refractivity contribution in [1.82, 2.24) is 10.2 Å². The summed E-state index contributed by atoms with van der Waals surface area (Å²) in [6, 6.07) is 3.49. The SMILES string of the molecule is CCCC1NC(c2ccc(F)cc2F)N(C2CC2)C1=O. The van der Waals surface area contributed by atoms with Crippen molar-refractivity contribution in [2.45, 2.75) is 50.9 Å². The lowest BCUT2D eigenvalue weighted by molar-refractivity contribution is -0.130. The molecule has 1 N–H and O–H groups in total. The number of amides is 1. The number of hydrogen-bond donors (Lipinski definition) is 1. The monoisotopic (exact) mass is 280 g/mol. The van der Waals surface area contributed by atoms with Crippen LogP contribution in [0.1, 0.15) is 44.3 Å². The zero-order valence-corrected chi connectivity index (χ0v) is 11.4. The number of carbonyl (C=O) groups is 1. The fourth-order valence-corrected chi connectivity index (χ4v) is 2.85. The molecule has 5 heteroatoms. The predicted octanol–water partition coefficient (Wildman–Crippen LogP) is 2.73. The molecular formula is C15H18F2N2O. The summed E-state index contributed by atoms with van der Waals surface area (Å²) in [5.41, 5.74) is 0.352. The molecule has 0 aromatic heterocycles. The number of carbonyl (C=O) groups excluding carboxylic acids is 1. The Balaban J connectivity index is 1.92. The maximum atomic E-state index is 14.0. The van der Waals surface area contributed by atoms with Crippen molar-refractivity contribution in [2.75, 3.05) is 0 Å². The minimum Gasteiger partial charge on any atom is -0.318 e. The standard InChI is InChI=1S/C15H18F2N2O/c1-2-3-13-15(20)19(10-5-6-10)14(18-13)11-7-4-9(16)8-12(11)17/h4,7-8,10,13-14,18H,2-3,5-6H2,1H3. The summed E-state index contributed by atoms with van der Waals surface area (Å²) in [5.74, 6) is -1.15. The zero-order chi connectivity index (χ0) is 14.3. The maximum Gasteiger partial charge on any atom is 0.241 e. The summed E-state index contributed by atoms with van der Waals surface area (Å²) in [7, 11) is 0. The van der Waals surface area contributed by atoms with E-state index >= 15 is 0 Å². The van der Waals surface area contributed by atoms with E-state index in [9.17, 15) is 13.6 Å². The van der Waals surface area contributed by atoms with E-state index in [1.165, 1.54) is 12.1 Å². The van der Waals surface area contributed by atoms with E-state index in [4.69, 9.17) is 0 Å². The molecule has 3 nitrogen and oxygen atoms in total. The van der Waals surface area contributed by atoms with Gasteiger partial charge in [-0.05, 0) is 31.4 Å². The highest BCUT2D eigenvalue weighted by Crippen LogP contribution is 2.38. The summed E-state index contributed by atoms with van der Waals surface area (Å²) >= 11 is 0. The minimum absolute atomic E-state index is 0.0445. The van der Waals surface area contributed by atoms with E-state index in [0.717, 1.165) is 31.7 Å². The molecule has 1 aliphatic carbocycles. The molecule has 108 valence electrons. The van der Waals surface area contributed by atoms with Crippen molar-refractivity contribution in [2.24, 2.45) is 0 Å². The highest BCUT2D eigenvalue weighted by Gasteiger charge is 2.46. The molecule has 1 saturated carbocycles. The van der Waals surface area contributed by atoms with Crippen molar-refractivity contribution in [3.63, 3.8) is 0 Å². The van der Waals surface area contributed by atoms with Gasteiger partial charge in [-0.1, -0.05) is 13.3 Å². The van der Waals surface area contributed by atoms with Crippen LogP contribution in [-0.2, 0) is 4.79 Å². The number of halogens is 2. The van der Waals surface area contributed by atoms with E-state index < -0.39 is 17.8 Å². The average molecular weight is 280 g/mol. The van der Waals surface area contributed by atoms with Gasteiger partial charge in [0.25, 0.3) is 0 Å². The third-order valence-electron chi connectivity index (χ3n) is 3.96. The Bertz CT molecular complexity index is 531. The van der Waals surface area contributed by atoms with Crippen molar-refractivity contribution in [3.8, 4) is 0 Å². The van der Waals surface area contributed by atoms with Gasteiger partial charge in [-0.3, -0.25) is 10.1 Å². The van der Waals surface area contributed by atoms with Gasteiger partial charge in [-0.2, -0.15) is 0 Å². The van der Waals surface area contributed by atoms with Crippen LogP contribution >= 0.6 is 0 Å². The first-order valence-electron chi connectivity index (χ1n) is 7.15. The molecule has 1 heterocycles. The van der Waals surface area contributed by atoms with E-state index in [1.54, 1.807) is 4.90 Å². The van der Waals surface area contributed by atoms with Gasteiger partial charge in [-0.15, -0.1) is 0 Å². The molecule has 20 heavy (non-hydrogen) atoms. The summed E-state index contributed by atoms with van der Waals surface area (Å²) in [5, 5.41) is 3.20. The second-order valence-corrected chi connectivity index (χ2v) is 5.55. The average Bonchev–Trinajstić information content (AvgIpc) is 3.17. The van der Waals surface area contributed by atoms with Gasteiger partial charge in [-0.25, -0.2) is 8.78 Å². The summed E-state index contributed by atoms with van der Waals surface area (Å²) in [6.45, 7) is 2.02. The van der Waals surface area contributed by atoms with Crippen molar-refractivity contribution in [3.05, 3.63) is 35.4 Å². The van der Waals surface area contributed by atoms with Crippen LogP contribution in [-0.4, -0.2) is 22.9 Å². The molecule has 0 spiro atoms. The zero-order valence-electron chi connectivity index (χ0n) is 11.4. The van der Waals surface area contributed by atoms with Gasteiger partial charge < -0.3 is 4.90 Å². The van der Waals surface area contributed by atoms with Gasteiger partial charge in [0.1, 0.15) is 17.8 Å². The van der Waals surface area contributed by atoms with Crippen LogP contribution in [0.3, 0.4) is 0 Å². The second kappa shape index (κ2) is 5.13. The number of hydrogen-bond acceptors (Lipinski definition) is 2.